The van der Waals surface area contributed by atoms with Gasteiger partial charge in [0.2, 0.25) is 0 Å². The third-order valence-corrected chi connectivity index (χ3v) is 3.21. The number of hydrogen-bond acceptors (Lipinski definition) is 2. The van der Waals surface area contributed by atoms with Crippen LogP contribution in [-0.4, -0.2) is 18.2 Å². The zero-order valence-electron chi connectivity index (χ0n) is 9.53. The fraction of sp³-hybridized carbons (Fsp3) is 0.538. The number of benzene rings is 1. The Balaban J connectivity index is 2.18. The van der Waals surface area contributed by atoms with E-state index >= 15 is 0 Å². The van der Waals surface area contributed by atoms with Gasteiger partial charge in [-0.3, -0.25) is 0 Å². The number of phenolic OH excluding ortho intramolecular Hbond substituents is 1. The highest BCUT2D eigenvalue weighted by molar-refractivity contribution is 5.53. The number of piperidine rings is 1. The van der Waals surface area contributed by atoms with E-state index in [1.807, 2.05) is 19.1 Å². The van der Waals surface area contributed by atoms with Crippen LogP contribution in [0.25, 0.3) is 0 Å². The van der Waals surface area contributed by atoms with Crippen LogP contribution in [0.15, 0.2) is 18.2 Å². The molecule has 0 radical (unpaired) electrons. The second kappa shape index (κ2) is 4.13. The Kier molecular flexibility index (Phi) is 2.85. The lowest BCUT2D eigenvalue weighted by atomic mass is 9.99. The number of aromatic hydroxyl groups is 1. The van der Waals surface area contributed by atoms with E-state index in [-0.39, 0.29) is 0 Å². The average Bonchev–Trinajstić information content (AvgIpc) is 2.22. The topological polar surface area (TPSA) is 23.5 Å². The SMILES string of the molecule is Cc1ccc(N2CCC[C@@H](C)C2)cc1O. The zero-order chi connectivity index (χ0) is 10.8. The molecule has 2 heteroatoms. The maximum atomic E-state index is 9.67. The van der Waals surface area contributed by atoms with Crippen molar-refractivity contribution in [3.05, 3.63) is 23.8 Å². The van der Waals surface area contributed by atoms with Gasteiger partial charge in [-0.15, -0.1) is 0 Å². The van der Waals surface area contributed by atoms with E-state index in [9.17, 15) is 5.11 Å². The molecule has 0 aromatic heterocycles. The molecule has 1 N–H and O–H groups in total. The van der Waals surface area contributed by atoms with Crippen molar-refractivity contribution in [2.75, 3.05) is 18.0 Å². The molecule has 0 bridgehead atoms. The summed E-state index contributed by atoms with van der Waals surface area (Å²) in [5.74, 6) is 1.17. The second-order valence-electron chi connectivity index (χ2n) is 4.66. The van der Waals surface area contributed by atoms with Gasteiger partial charge in [-0.05, 0) is 37.3 Å². The van der Waals surface area contributed by atoms with Crippen molar-refractivity contribution < 1.29 is 5.11 Å². The van der Waals surface area contributed by atoms with E-state index in [0.717, 1.165) is 30.3 Å². The molecule has 1 aromatic rings. The van der Waals surface area contributed by atoms with Crippen molar-refractivity contribution in [3.63, 3.8) is 0 Å². The number of anilines is 1. The summed E-state index contributed by atoms with van der Waals surface area (Å²) in [7, 11) is 0. The number of phenols is 1. The summed E-state index contributed by atoms with van der Waals surface area (Å²) in [5.41, 5.74) is 2.11. The van der Waals surface area contributed by atoms with E-state index in [0.29, 0.717) is 5.75 Å². The van der Waals surface area contributed by atoms with Crippen LogP contribution in [0.1, 0.15) is 25.3 Å². The first-order valence-corrected chi connectivity index (χ1v) is 5.71. The Hall–Kier alpha value is -1.18. The van der Waals surface area contributed by atoms with Gasteiger partial charge in [0.05, 0.1) is 0 Å². The van der Waals surface area contributed by atoms with E-state index in [1.54, 1.807) is 0 Å². The van der Waals surface area contributed by atoms with Gasteiger partial charge < -0.3 is 10.0 Å². The van der Waals surface area contributed by atoms with Crippen LogP contribution in [0, 0.1) is 12.8 Å². The van der Waals surface area contributed by atoms with E-state index in [4.69, 9.17) is 0 Å². The molecule has 2 rings (SSSR count). The molecular formula is C13H19NO. The van der Waals surface area contributed by atoms with Crippen molar-refractivity contribution in [1.82, 2.24) is 0 Å². The van der Waals surface area contributed by atoms with Crippen LogP contribution in [0.2, 0.25) is 0 Å². The number of aryl methyl sites for hydroxylation is 1. The van der Waals surface area contributed by atoms with Gasteiger partial charge in [0.1, 0.15) is 5.75 Å². The van der Waals surface area contributed by atoms with Gasteiger partial charge in [-0.1, -0.05) is 13.0 Å². The molecule has 0 unspecified atom stereocenters. The highest BCUT2D eigenvalue weighted by Crippen LogP contribution is 2.27. The summed E-state index contributed by atoms with van der Waals surface area (Å²) in [6, 6.07) is 5.98. The lowest BCUT2D eigenvalue weighted by Crippen LogP contribution is -2.34. The quantitative estimate of drug-likeness (QED) is 0.762. The molecule has 82 valence electrons. The Morgan fingerprint density at radius 3 is 2.87 bits per heavy atom. The lowest BCUT2D eigenvalue weighted by Gasteiger charge is -2.32. The van der Waals surface area contributed by atoms with Gasteiger partial charge >= 0.3 is 0 Å². The third-order valence-electron chi connectivity index (χ3n) is 3.21. The molecule has 2 nitrogen and oxygen atoms in total. The minimum absolute atomic E-state index is 0.408. The summed E-state index contributed by atoms with van der Waals surface area (Å²) < 4.78 is 0. The second-order valence-corrected chi connectivity index (χ2v) is 4.66. The monoisotopic (exact) mass is 205 g/mol. The van der Waals surface area contributed by atoms with Crippen molar-refractivity contribution >= 4 is 5.69 Å². The van der Waals surface area contributed by atoms with Crippen LogP contribution in [0.4, 0.5) is 5.69 Å². The number of hydrogen-bond donors (Lipinski definition) is 1. The van der Waals surface area contributed by atoms with E-state index < -0.39 is 0 Å². The smallest absolute Gasteiger partial charge is 0.120 e. The first-order valence-electron chi connectivity index (χ1n) is 5.71. The Labute approximate surface area is 91.5 Å². The molecule has 0 spiro atoms. The maximum Gasteiger partial charge on any atom is 0.120 e. The molecule has 1 aliphatic heterocycles. The highest BCUT2D eigenvalue weighted by atomic mass is 16.3. The molecule has 0 saturated carbocycles. The molecule has 0 amide bonds. The van der Waals surface area contributed by atoms with Gasteiger partial charge in [-0.2, -0.15) is 0 Å². The fourth-order valence-corrected chi connectivity index (χ4v) is 2.22. The van der Waals surface area contributed by atoms with Crippen LogP contribution < -0.4 is 4.90 Å². The van der Waals surface area contributed by atoms with Gasteiger partial charge in [-0.25, -0.2) is 0 Å². The molecule has 1 aliphatic rings. The van der Waals surface area contributed by atoms with Crippen LogP contribution in [-0.2, 0) is 0 Å². The van der Waals surface area contributed by atoms with Gasteiger partial charge in [0.15, 0.2) is 0 Å². The first kappa shape index (κ1) is 10.3. The maximum absolute atomic E-state index is 9.67. The highest BCUT2D eigenvalue weighted by Gasteiger charge is 2.16. The summed E-state index contributed by atoms with van der Waals surface area (Å²) in [6.45, 7) is 6.45. The molecule has 1 atom stereocenters. The zero-order valence-corrected chi connectivity index (χ0v) is 9.53. The van der Waals surface area contributed by atoms with Gasteiger partial charge in [0, 0.05) is 24.8 Å². The lowest BCUT2D eigenvalue weighted by molar-refractivity contribution is 0.444. The largest absolute Gasteiger partial charge is 0.508 e. The fourth-order valence-electron chi connectivity index (χ4n) is 2.22. The molecule has 1 aromatic carbocycles. The number of rotatable bonds is 1. The standard InChI is InChI=1S/C13H19NO/c1-10-4-3-7-14(9-10)12-6-5-11(2)13(15)8-12/h5-6,8,10,15H,3-4,7,9H2,1-2H3/t10-/m1/s1. The third kappa shape index (κ3) is 2.25. The molecule has 1 fully saturated rings. The summed E-state index contributed by atoms with van der Waals surface area (Å²) in [4.78, 5) is 2.37. The predicted octanol–water partition coefficient (Wildman–Crippen LogP) is 2.94. The summed E-state index contributed by atoms with van der Waals surface area (Å²) in [5, 5.41) is 9.67. The minimum Gasteiger partial charge on any atom is -0.508 e. The molecule has 1 saturated heterocycles. The first-order chi connectivity index (χ1) is 7.16. The minimum atomic E-state index is 0.408. The van der Waals surface area contributed by atoms with E-state index in [2.05, 4.69) is 17.9 Å². The molecule has 15 heavy (non-hydrogen) atoms. The van der Waals surface area contributed by atoms with Crippen LogP contribution in [0.5, 0.6) is 5.75 Å². The Bertz CT molecular complexity index is 348. The summed E-state index contributed by atoms with van der Waals surface area (Å²) >= 11 is 0. The van der Waals surface area contributed by atoms with Crippen molar-refractivity contribution in [1.29, 1.82) is 0 Å². The van der Waals surface area contributed by atoms with Crippen LogP contribution >= 0.6 is 0 Å². The summed E-state index contributed by atoms with van der Waals surface area (Å²) in [6.07, 6.45) is 2.59. The molecular weight excluding hydrogens is 186 g/mol. The number of nitrogens with zero attached hydrogens (tertiary/aromatic N) is 1. The Morgan fingerprint density at radius 2 is 2.20 bits per heavy atom. The normalized spacial score (nSPS) is 21.7. The molecule has 1 heterocycles. The van der Waals surface area contributed by atoms with Crippen molar-refractivity contribution in [2.45, 2.75) is 26.7 Å². The molecule has 0 aliphatic carbocycles. The van der Waals surface area contributed by atoms with E-state index in [1.165, 1.54) is 12.8 Å². The van der Waals surface area contributed by atoms with Crippen molar-refractivity contribution in [3.8, 4) is 5.75 Å². The predicted molar refractivity (Wildman–Crippen MR) is 63.5 cm³/mol. The van der Waals surface area contributed by atoms with Crippen molar-refractivity contribution in [2.24, 2.45) is 5.92 Å². The Morgan fingerprint density at radius 1 is 1.40 bits per heavy atom. The van der Waals surface area contributed by atoms with Crippen LogP contribution in [0.3, 0.4) is 0 Å². The van der Waals surface area contributed by atoms with Gasteiger partial charge in [0.25, 0.3) is 0 Å². The average molecular weight is 205 g/mol.